The maximum absolute atomic E-state index is 11.6. The lowest BCUT2D eigenvalue weighted by Gasteiger charge is -2.11. The highest BCUT2D eigenvalue weighted by Crippen LogP contribution is 2.19. The number of carbonyl (C=O) groups is 1. The van der Waals surface area contributed by atoms with E-state index in [0.717, 1.165) is 12.0 Å². The molecule has 0 N–H and O–H groups in total. The minimum Gasteiger partial charge on any atom is -0.345 e. The second-order valence-corrected chi connectivity index (χ2v) is 3.77. The molecule has 0 saturated carbocycles. The van der Waals surface area contributed by atoms with Gasteiger partial charge in [-0.05, 0) is 24.1 Å². The Kier molecular flexibility index (Phi) is 3.53. The summed E-state index contributed by atoms with van der Waals surface area (Å²) in [5.74, 6) is -0.0577. The number of amides is 1. The first-order chi connectivity index (χ1) is 6.56. The van der Waals surface area contributed by atoms with Crippen LogP contribution < -0.4 is 0 Å². The molecule has 0 radical (unpaired) electrons. The minimum absolute atomic E-state index is 0.0577. The lowest BCUT2D eigenvalue weighted by atomic mass is 10.1. The summed E-state index contributed by atoms with van der Waals surface area (Å²) in [6, 6.07) is 5.56. The maximum Gasteiger partial charge on any atom is 0.254 e. The average Bonchev–Trinajstić information content (AvgIpc) is 2.16. The molecule has 0 fully saturated rings. The SMILES string of the molecule is CCc1ccc(C(=O)N(C)C)c(Cl)c1. The zero-order valence-corrected chi connectivity index (χ0v) is 9.43. The quantitative estimate of drug-likeness (QED) is 0.737. The van der Waals surface area contributed by atoms with Crippen molar-refractivity contribution in [2.75, 3.05) is 14.1 Å². The Balaban J connectivity index is 3.06. The monoisotopic (exact) mass is 211 g/mol. The van der Waals surface area contributed by atoms with E-state index in [9.17, 15) is 4.79 Å². The molecular weight excluding hydrogens is 198 g/mol. The Morgan fingerprint density at radius 2 is 2.07 bits per heavy atom. The maximum atomic E-state index is 11.6. The van der Waals surface area contributed by atoms with Gasteiger partial charge in [0.2, 0.25) is 0 Å². The third-order valence-electron chi connectivity index (χ3n) is 2.08. The molecule has 0 aliphatic rings. The van der Waals surface area contributed by atoms with Crippen LogP contribution in [0.4, 0.5) is 0 Å². The van der Waals surface area contributed by atoms with Gasteiger partial charge in [0.25, 0.3) is 5.91 Å². The van der Waals surface area contributed by atoms with Gasteiger partial charge in [0.05, 0.1) is 10.6 Å². The van der Waals surface area contributed by atoms with Crippen molar-refractivity contribution in [1.82, 2.24) is 4.90 Å². The van der Waals surface area contributed by atoms with Crippen LogP contribution in [-0.2, 0) is 6.42 Å². The number of aryl methyl sites for hydroxylation is 1. The van der Waals surface area contributed by atoms with Gasteiger partial charge in [-0.1, -0.05) is 24.6 Å². The Labute approximate surface area is 89.5 Å². The van der Waals surface area contributed by atoms with Crippen LogP contribution >= 0.6 is 11.6 Å². The van der Waals surface area contributed by atoms with Gasteiger partial charge in [-0.25, -0.2) is 0 Å². The molecule has 3 heteroatoms. The van der Waals surface area contributed by atoms with Gasteiger partial charge in [0.15, 0.2) is 0 Å². The van der Waals surface area contributed by atoms with Crippen molar-refractivity contribution >= 4 is 17.5 Å². The normalized spacial score (nSPS) is 10.0. The van der Waals surface area contributed by atoms with Crippen LogP contribution in [0.15, 0.2) is 18.2 Å². The second kappa shape index (κ2) is 4.47. The first-order valence-electron chi connectivity index (χ1n) is 4.56. The molecule has 0 bridgehead atoms. The standard InChI is InChI=1S/C11H14ClNO/c1-4-8-5-6-9(10(12)7-8)11(14)13(2)3/h5-7H,4H2,1-3H3. The van der Waals surface area contributed by atoms with Gasteiger partial charge in [-0.3, -0.25) is 4.79 Å². The van der Waals surface area contributed by atoms with Crippen molar-refractivity contribution in [2.24, 2.45) is 0 Å². The van der Waals surface area contributed by atoms with Crippen LogP contribution in [0.25, 0.3) is 0 Å². The van der Waals surface area contributed by atoms with Crippen LogP contribution in [0, 0.1) is 0 Å². The highest BCUT2D eigenvalue weighted by atomic mass is 35.5. The van der Waals surface area contributed by atoms with E-state index in [1.807, 2.05) is 12.1 Å². The third kappa shape index (κ3) is 2.26. The smallest absolute Gasteiger partial charge is 0.254 e. The summed E-state index contributed by atoms with van der Waals surface area (Å²) < 4.78 is 0. The molecule has 76 valence electrons. The molecule has 0 unspecified atom stereocenters. The lowest BCUT2D eigenvalue weighted by Crippen LogP contribution is -2.21. The molecule has 0 heterocycles. The molecule has 0 aliphatic carbocycles. The van der Waals surface area contributed by atoms with Crippen LogP contribution in [0.1, 0.15) is 22.8 Å². The third-order valence-corrected chi connectivity index (χ3v) is 2.39. The summed E-state index contributed by atoms with van der Waals surface area (Å²) in [6.07, 6.45) is 0.927. The highest BCUT2D eigenvalue weighted by Gasteiger charge is 2.11. The molecule has 0 spiro atoms. The summed E-state index contributed by atoms with van der Waals surface area (Å²) in [4.78, 5) is 13.1. The van der Waals surface area contributed by atoms with E-state index >= 15 is 0 Å². The largest absolute Gasteiger partial charge is 0.345 e. The van der Waals surface area contributed by atoms with Crippen molar-refractivity contribution in [3.05, 3.63) is 34.3 Å². The van der Waals surface area contributed by atoms with Gasteiger partial charge >= 0.3 is 0 Å². The number of nitrogens with zero attached hydrogens (tertiary/aromatic N) is 1. The summed E-state index contributed by atoms with van der Waals surface area (Å²) in [5.41, 5.74) is 1.71. The highest BCUT2D eigenvalue weighted by molar-refractivity contribution is 6.33. The summed E-state index contributed by atoms with van der Waals surface area (Å²) in [5, 5.41) is 0.531. The van der Waals surface area contributed by atoms with E-state index in [1.54, 1.807) is 20.2 Å². The van der Waals surface area contributed by atoms with Crippen molar-refractivity contribution in [1.29, 1.82) is 0 Å². The Bertz CT molecular complexity index is 347. The topological polar surface area (TPSA) is 20.3 Å². The second-order valence-electron chi connectivity index (χ2n) is 3.37. The molecular formula is C11H14ClNO. The summed E-state index contributed by atoms with van der Waals surface area (Å²) in [7, 11) is 3.43. The fourth-order valence-electron chi connectivity index (χ4n) is 1.19. The van der Waals surface area contributed by atoms with Crippen molar-refractivity contribution in [3.63, 3.8) is 0 Å². The number of benzene rings is 1. The van der Waals surface area contributed by atoms with E-state index in [2.05, 4.69) is 6.92 Å². The molecule has 0 saturated heterocycles. The van der Waals surface area contributed by atoms with Crippen LogP contribution in [0.2, 0.25) is 5.02 Å². The molecule has 1 aromatic carbocycles. The molecule has 1 aromatic rings. The minimum atomic E-state index is -0.0577. The lowest BCUT2D eigenvalue weighted by molar-refractivity contribution is 0.0828. The van der Waals surface area contributed by atoms with Gasteiger partial charge < -0.3 is 4.90 Å². The van der Waals surface area contributed by atoms with Gasteiger partial charge in [0, 0.05) is 14.1 Å². The van der Waals surface area contributed by atoms with E-state index in [4.69, 9.17) is 11.6 Å². The van der Waals surface area contributed by atoms with Crippen molar-refractivity contribution < 1.29 is 4.79 Å². The Morgan fingerprint density at radius 1 is 1.43 bits per heavy atom. The van der Waals surface area contributed by atoms with Gasteiger partial charge in [-0.15, -0.1) is 0 Å². The van der Waals surface area contributed by atoms with Crippen LogP contribution in [0.5, 0.6) is 0 Å². The molecule has 0 aliphatic heterocycles. The molecule has 1 rings (SSSR count). The van der Waals surface area contributed by atoms with Crippen LogP contribution in [-0.4, -0.2) is 24.9 Å². The first-order valence-corrected chi connectivity index (χ1v) is 4.94. The van der Waals surface area contributed by atoms with E-state index < -0.39 is 0 Å². The van der Waals surface area contributed by atoms with Crippen molar-refractivity contribution in [2.45, 2.75) is 13.3 Å². The predicted octanol–water partition coefficient (Wildman–Crippen LogP) is 2.60. The first kappa shape index (κ1) is 11.1. The Hall–Kier alpha value is -1.02. The molecule has 14 heavy (non-hydrogen) atoms. The van der Waals surface area contributed by atoms with Gasteiger partial charge in [0.1, 0.15) is 0 Å². The number of carbonyl (C=O) groups excluding carboxylic acids is 1. The van der Waals surface area contributed by atoms with E-state index in [1.165, 1.54) is 4.90 Å². The fraction of sp³-hybridized carbons (Fsp3) is 0.364. The van der Waals surface area contributed by atoms with Crippen molar-refractivity contribution in [3.8, 4) is 0 Å². The number of rotatable bonds is 2. The average molecular weight is 212 g/mol. The number of halogens is 1. The zero-order chi connectivity index (χ0) is 10.7. The van der Waals surface area contributed by atoms with Gasteiger partial charge in [-0.2, -0.15) is 0 Å². The zero-order valence-electron chi connectivity index (χ0n) is 8.67. The van der Waals surface area contributed by atoms with E-state index in [-0.39, 0.29) is 5.91 Å². The van der Waals surface area contributed by atoms with Crippen LogP contribution in [0.3, 0.4) is 0 Å². The summed E-state index contributed by atoms with van der Waals surface area (Å²) >= 11 is 6.00. The number of hydrogen-bond donors (Lipinski definition) is 0. The molecule has 0 aromatic heterocycles. The van der Waals surface area contributed by atoms with E-state index in [0.29, 0.717) is 10.6 Å². The molecule has 0 atom stereocenters. The fourth-order valence-corrected chi connectivity index (χ4v) is 1.48. The number of hydrogen-bond acceptors (Lipinski definition) is 1. The molecule has 2 nitrogen and oxygen atoms in total. The summed E-state index contributed by atoms with van der Waals surface area (Å²) in [6.45, 7) is 2.05. The molecule has 1 amide bonds. The Morgan fingerprint density at radius 3 is 2.50 bits per heavy atom. The predicted molar refractivity (Wildman–Crippen MR) is 58.8 cm³/mol.